The molecule has 0 spiro atoms. The average Bonchev–Trinajstić information content (AvgIpc) is 2.49. The molecule has 2 rings (SSSR count). The van der Waals surface area contributed by atoms with Gasteiger partial charge in [-0.1, -0.05) is 13.3 Å². The second kappa shape index (κ2) is 8.08. The Labute approximate surface area is 126 Å². The average molecular weight is 296 g/mol. The summed E-state index contributed by atoms with van der Waals surface area (Å²) < 4.78 is 24.8. The molecule has 21 heavy (non-hydrogen) atoms. The molecule has 0 amide bonds. The zero-order valence-corrected chi connectivity index (χ0v) is 12.7. The minimum atomic E-state index is -0.440. The number of halogens is 1. The van der Waals surface area contributed by atoms with Crippen LogP contribution in [0.3, 0.4) is 0 Å². The van der Waals surface area contributed by atoms with Gasteiger partial charge in [-0.05, 0) is 32.4 Å². The lowest BCUT2D eigenvalue weighted by molar-refractivity contribution is 0.183. The van der Waals surface area contributed by atoms with Gasteiger partial charge in [0.2, 0.25) is 0 Å². The van der Waals surface area contributed by atoms with Crippen LogP contribution in [0.2, 0.25) is 0 Å². The largest absolute Gasteiger partial charge is 0.490 e. The number of nitrogens with two attached hydrogens (primary N) is 1. The van der Waals surface area contributed by atoms with Gasteiger partial charge in [0.15, 0.2) is 11.6 Å². The minimum absolute atomic E-state index is 0.207. The van der Waals surface area contributed by atoms with Gasteiger partial charge in [-0.15, -0.1) is 0 Å². The number of benzene rings is 1. The van der Waals surface area contributed by atoms with Gasteiger partial charge in [0.1, 0.15) is 12.4 Å². The first-order valence-electron chi connectivity index (χ1n) is 7.77. The van der Waals surface area contributed by atoms with E-state index in [1.807, 2.05) is 6.92 Å². The number of nitrogens with zero attached hydrogens (tertiary/aromatic N) is 1. The zero-order valence-electron chi connectivity index (χ0n) is 12.7. The number of hydrogen-bond donors (Lipinski definition) is 1. The summed E-state index contributed by atoms with van der Waals surface area (Å²) in [4.78, 5) is 2.39. The third kappa shape index (κ3) is 4.77. The monoisotopic (exact) mass is 296 g/mol. The Kier molecular flexibility index (Phi) is 6.11. The summed E-state index contributed by atoms with van der Waals surface area (Å²) in [5, 5.41) is 0. The first kappa shape index (κ1) is 15.9. The maximum absolute atomic E-state index is 13.7. The number of hydrogen-bond acceptors (Lipinski definition) is 4. The van der Waals surface area contributed by atoms with Gasteiger partial charge in [-0.25, -0.2) is 4.39 Å². The molecule has 4 nitrogen and oxygen atoms in total. The number of piperidine rings is 1. The highest BCUT2D eigenvalue weighted by molar-refractivity contribution is 5.56. The summed E-state index contributed by atoms with van der Waals surface area (Å²) in [6.07, 6.45) is 4.66. The maximum Gasteiger partial charge on any atom is 0.167 e. The fourth-order valence-corrected chi connectivity index (χ4v) is 2.47. The number of rotatable bonds is 7. The molecule has 0 aliphatic carbocycles. The molecule has 0 radical (unpaired) electrons. The Bertz CT molecular complexity index is 448. The quantitative estimate of drug-likeness (QED) is 0.786. The lowest BCUT2D eigenvalue weighted by Gasteiger charge is -2.26. The van der Waals surface area contributed by atoms with Crippen molar-refractivity contribution in [1.29, 1.82) is 0 Å². The molecule has 2 N–H and O–H groups in total. The summed E-state index contributed by atoms with van der Waals surface area (Å²) >= 11 is 0. The standard InChI is InChI=1S/C16H25FN2O2/c1-2-9-20-15-12-16(14(18)11-13(15)17)21-10-8-19-6-4-3-5-7-19/h11-12H,2-10,18H2,1H3. The summed E-state index contributed by atoms with van der Waals surface area (Å²) in [5.41, 5.74) is 6.12. The molecular formula is C16H25FN2O2. The fourth-order valence-electron chi connectivity index (χ4n) is 2.47. The van der Waals surface area contributed by atoms with Gasteiger partial charge in [0, 0.05) is 18.7 Å². The number of nitrogen functional groups attached to an aromatic ring is 1. The van der Waals surface area contributed by atoms with Crippen LogP contribution in [-0.4, -0.2) is 37.7 Å². The molecule has 0 bridgehead atoms. The first-order chi connectivity index (χ1) is 10.2. The van der Waals surface area contributed by atoms with Gasteiger partial charge in [0.05, 0.1) is 12.3 Å². The van der Waals surface area contributed by atoms with E-state index < -0.39 is 5.82 Å². The molecule has 0 unspecified atom stereocenters. The van der Waals surface area contributed by atoms with E-state index >= 15 is 0 Å². The van der Waals surface area contributed by atoms with Crippen molar-refractivity contribution in [3.63, 3.8) is 0 Å². The van der Waals surface area contributed by atoms with Crippen molar-refractivity contribution >= 4 is 5.69 Å². The van der Waals surface area contributed by atoms with Gasteiger partial charge in [-0.2, -0.15) is 0 Å². The molecule has 5 heteroatoms. The van der Waals surface area contributed by atoms with E-state index in [9.17, 15) is 4.39 Å². The van der Waals surface area contributed by atoms with Gasteiger partial charge in [-0.3, -0.25) is 4.90 Å². The molecule has 0 aromatic heterocycles. The lowest BCUT2D eigenvalue weighted by Crippen LogP contribution is -2.33. The van der Waals surface area contributed by atoms with Crippen molar-refractivity contribution in [2.45, 2.75) is 32.6 Å². The molecule has 1 aliphatic heterocycles. The minimum Gasteiger partial charge on any atom is -0.490 e. The van der Waals surface area contributed by atoms with E-state index in [2.05, 4.69) is 4.90 Å². The molecule has 0 atom stereocenters. The van der Waals surface area contributed by atoms with Crippen LogP contribution in [-0.2, 0) is 0 Å². The van der Waals surface area contributed by atoms with Crippen molar-refractivity contribution < 1.29 is 13.9 Å². The highest BCUT2D eigenvalue weighted by Crippen LogP contribution is 2.30. The van der Waals surface area contributed by atoms with Crippen LogP contribution >= 0.6 is 0 Å². The molecule has 1 aromatic rings. The number of ether oxygens (including phenoxy) is 2. The number of likely N-dealkylation sites (tertiary alicyclic amines) is 1. The Morgan fingerprint density at radius 3 is 2.52 bits per heavy atom. The molecule has 118 valence electrons. The highest BCUT2D eigenvalue weighted by atomic mass is 19.1. The van der Waals surface area contributed by atoms with Crippen molar-refractivity contribution in [2.24, 2.45) is 0 Å². The van der Waals surface area contributed by atoms with Crippen molar-refractivity contribution in [3.05, 3.63) is 17.9 Å². The zero-order chi connectivity index (χ0) is 15.1. The van der Waals surface area contributed by atoms with Crippen LogP contribution in [0.15, 0.2) is 12.1 Å². The lowest BCUT2D eigenvalue weighted by atomic mass is 10.1. The summed E-state index contributed by atoms with van der Waals surface area (Å²) in [5.74, 6) is 0.267. The van der Waals surface area contributed by atoms with Gasteiger partial charge < -0.3 is 15.2 Å². The van der Waals surface area contributed by atoms with Crippen molar-refractivity contribution in [1.82, 2.24) is 4.90 Å². The smallest absolute Gasteiger partial charge is 0.167 e. The SMILES string of the molecule is CCCOc1cc(OCCN2CCCCC2)c(N)cc1F. The third-order valence-electron chi connectivity index (χ3n) is 3.64. The van der Waals surface area contributed by atoms with Crippen LogP contribution in [0.25, 0.3) is 0 Å². The van der Waals surface area contributed by atoms with Crippen LogP contribution in [0.5, 0.6) is 11.5 Å². The normalized spacial score (nSPS) is 15.9. The second-order valence-corrected chi connectivity index (χ2v) is 5.42. The van der Waals surface area contributed by atoms with Crippen molar-refractivity contribution in [3.8, 4) is 11.5 Å². The van der Waals surface area contributed by atoms with E-state index in [-0.39, 0.29) is 5.75 Å². The van der Waals surface area contributed by atoms with Gasteiger partial charge >= 0.3 is 0 Å². The maximum atomic E-state index is 13.7. The Morgan fingerprint density at radius 1 is 1.10 bits per heavy atom. The molecule has 1 saturated heterocycles. The van der Waals surface area contributed by atoms with E-state index in [1.54, 1.807) is 6.07 Å². The molecular weight excluding hydrogens is 271 g/mol. The van der Waals surface area contributed by atoms with E-state index in [0.717, 1.165) is 26.1 Å². The van der Waals surface area contributed by atoms with Crippen LogP contribution in [0, 0.1) is 5.82 Å². The second-order valence-electron chi connectivity index (χ2n) is 5.42. The summed E-state index contributed by atoms with van der Waals surface area (Å²) in [6.45, 7) is 6.16. The summed E-state index contributed by atoms with van der Waals surface area (Å²) in [7, 11) is 0. The molecule has 1 heterocycles. The topological polar surface area (TPSA) is 47.7 Å². The summed E-state index contributed by atoms with van der Waals surface area (Å²) in [6, 6.07) is 2.82. The van der Waals surface area contributed by atoms with E-state index in [4.69, 9.17) is 15.2 Å². The van der Waals surface area contributed by atoms with E-state index in [1.165, 1.54) is 25.3 Å². The molecule has 1 aromatic carbocycles. The Balaban J connectivity index is 1.88. The predicted molar refractivity (Wildman–Crippen MR) is 82.4 cm³/mol. The predicted octanol–water partition coefficient (Wildman–Crippen LogP) is 3.06. The molecule has 1 fully saturated rings. The fraction of sp³-hybridized carbons (Fsp3) is 0.625. The van der Waals surface area contributed by atoms with E-state index in [0.29, 0.717) is 24.7 Å². The van der Waals surface area contributed by atoms with Gasteiger partial charge in [0.25, 0.3) is 0 Å². The Hall–Kier alpha value is -1.49. The Morgan fingerprint density at radius 2 is 1.81 bits per heavy atom. The number of anilines is 1. The molecule has 1 aliphatic rings. The highest BCUT2D eigenvalue weighted by Gasteiger charge is 2.12. The van der Waals surface area contributed by atoms with Crippen LogP contribution in [0.4, 0.5) is 10.1 Å². The molecule has 0 saturated carbocycles. The van der Waals surface area contributed by atoms with Crippen LogP contribution < -0.4 is 15.2 Å². The first-order valence-corrected chi connectivity index (χ1v) is 7.77. The third-order valence-corrected chi connectivity index (χ3v) is 3.64. The van der Waals surface area contributed by atoms with Crippen LogP contribution in [0.1, 0.15) is 32.6 Å². The van der Waals surface area contributed by atoms with Crippen molar-refractivity contribution in [2.75, 3.05) is 38.6 Å².